The van der Waals surface area contributed by atoms with Gasteiger partial charge in [-0.2, -0.15) is 0 Å². The number of aromatic nitrogens is 2. The van der Waals surface area contributed by atoms with Gasteiger partial charge in [-0.15, -0.1) is 0 Å². The van der Waals surface area contributed by atoms with E-state index in [1.807, 2.05) is 25.1 Å². The highest BCUT2D eigenvalue weighted by Crippen LogP contribution is 2.30. The smallest absolute Gasteiger partial charge is 0.294 e. The Hall–Kier alpha value is -2.79. The van der Waals surface area contributed by atoms with Gasteiger partial charge in [0.1, 0.15) is 16.9 Å². The van der Waals surface area contributed by atoms with Gasteiger partial charge in [0.2, 0.25) is 5.58 Å². The molecule has 114 valence electrons. The number of furan rings is 1. The maximum Gasteiger partial charge on any atom is 0.294 e. The van der Waals surface area contributed by atoms with Gasteiger partial charge >= 0.3 is 0 Å². The molecule has 6 heteroatoms. The molecule has 0 aliphatic carbocycles. The summed E-state index contributed by atoms with van der Waals surface area (Å²) in [6.07, 6.45) is 0. The quantitative estimate of drug-likeness (QED) is 0.520. The molecule has 0 radical (unpaired) electrons. The third-order valence-electron chi connectivity index (χ3n) is 3.72. The summed E-state index contributed by atoms with van der Waals surface area (Å²) in [5.74, 6) is 0.365. The molecule has 0 aliphatic heterocycles. The molecule has 2 aromatic carbocycles. The van der Waals surface area contributed by atoms with Gasteiger partial charge in [-0.3, -0.25) is 4.79 Å². The van der Waals surface area contributed by atoms with Gasteiger partial charge in [0.25, 0.3) is 5.56 Å². The van der Waals surface area contributed by atoms with Crippen molar-refractivity contribution in [3.8, 4) is 11.4 Å². The SMILES string of the molecule is Cc1ccc2oc3c(=O)[nH]c(-c4cc(N)ccc4Cl)nc3c2c1. The lowest BCUT2D eigenvalue weighted by Gasteiger charge is -2.04. The Labute approximate surface area is 135 Å². The number of halogens is 1. The summed E-state index contributed by atoms with van der Waals surface area (Å²) < 4.78 is 5.62. The topological polar surface area (TPSA) is 84.9 Å². The third kappa shape index (κ3) is 2.17. The van der Waals surface area contributed by atoms with Crippen LogP contribution < -0.4 is 11.3 Å². The molecule has 0 spiro atoms. The van der Waals surface area contributed by atoms with Crippen molar-refractivity contribution in [2.75, 3.05) is 5.73 Å². The number of H-pyrrole nitrogens is 1. The van der Waals surface area contributed by atoms with E-state index >= 15 is 0 Å². The second kappa shape index (κ2) is 4.86. The first kappa shape index (κ1) is 13.8. The lowest BCUT2D eigenvalue weighted by Crippen LogP contribution is -2.08. The van der Waals surface area contributed by atoms with E-state index in [0.29, 0.717) is 33.2 Å². The predicted molar refractivity (Wildman–Crippen MR) is 91.7 cm³/mol. The molecule has 5 nitrogen and oxygen atoms in total. The zero-order valence-corrected chi connectivity index (χ0v) is 12.9. The van der Waals surface area contributed by atoms with E-state index in [2.05, 4.69) is 9.97 Å². The molecule has 4 rings (SSSR count). The normalized spacial score (nSPS) is 11.4. The molecule has 23 heavy (non-hydrogen) atoms. The molecular weight excluding hydrogens is 314 g/mol. The molecule has 3 N–H and O–H groups in total. The number of nitrogens with two attached hydrogens (primary N) is 1. The zero-order valence-electron chi connectivity index (χ0n) is 12.2. The number of nitrogens with one attached hydrogen (secondary N) is 1. The van der Waals surface area contributed by atoms with E-state index in [1.54, 1.807) is 18.2 Å². The first-order valence-electron chi connectivity index (χ1n) is 7.01. The number of benzene rings is 2. The van der Waals surface area contributed by atoms with Crippen molar-refractivity contribution >= 4 is 39.4 Å². The summed E-state index contributed by atoms with van der Waals surface area (Å²) >= 11 is 6.21. The molecular formula is C17H12ClN3O2. The van der Waals surface area contributed by atoms with E-state index in [9.17, 15) is 4.79 Å². The third-order valence-corrected chi connectivity index (χ3v) is 4.05. The number of nitrogen functional groups attached to an aromatic ring is 1. The van der Waals surface area contributed by atoms with Crippen LogP contribution in [0.1, 0.15) is 5.56 Å². The molecule has 0 saturated carbocycles. The average molecular weight is 326 g/mol. The summed E-state index contributed by atoms with van der Waals surface area (Å²) in [5.41, 5.74) is 8.98. The number of anilines is 1. The largest absolute Gasteiger partial charge is 0.449 e. The monoisotopic (exact) mass is 325 g/mol. The van der Waals surface area contributed by atoms with Crippen molar-refractivity contribution in [2.45, 2.75) is 6.92 Å². The van der Waals surface area contributed by atoms with Gasteiger partial charge in [-0.05, 0) is 37.3 Å². The van der Waals surface area contributed by atoms with Gasteiger partial charge < -0.3 is 15.1 Å². The minimum absolute atomic E-state index is 0.203. The second-order valence-corrected chi connectivity index (χ2v) is 5.84. The number of rotatable bonds is 1. The highest BCUT2D eigenvalue weighted by molar-refractivity contribution is 6.33. The standard InChI is InChI=1S/C17H12ClN3O2/c1-8-2-5-13-11(6-8)14-15(23-13)17(22)21-16(20-14)10-7-9(19)3-4-12(10)18/h2-7H,19H2,1H3,(H,20,21,22). The minimum atomic E-state index is -0.350. The van der Waals surface area contributed by atoms with Crippen LogP contribution in [0.3, 0.4) is 0 Å². The van der Waals surface area contributed by atoms with Crippen LogP contribution in [-0.4, -0.2) is 9.97 Å². The Morgan fingerprint density at radius 3 is 2.87 bits per heavy atom. The Morgan fingerprint density at radius 2 is 2.04 bits per heavy atom. The molecule has 2 aromatic heterocycles. The Balaban J connectivity index is 2.10. The number of nitrogens with zero attached hydrogens (tertiary/aromatic N) is 1. The molecule has 2 heterocycles. The highest BCUT2D eigenvalue weighted by atomic mass is 35.5. The highest BCUT2D eigenvalue weighted by Gasteiger charge is 2.15. The number of hydrogen-bond donors (Lipinski definition) is 2. The summed E-state index contributed by atoms with van der Waals surface area (Å²) in [6.45, 7) is 1.97. The van der Waals surface area contributed by atoms with Crippen LogP contribution in [0.5, 0.6) is 0 Å². The first-order valence-corrected chi connectivity index (χ1v) is 7.39. The van der Waals surface area contributed by atoms with Crippen LogP contribution >= 0.6 is 11.6 Å². The number of aromatic amines is 1. The van der Waals surface area contributed by atoms with Crippen LogP contribution in [0, 0.1) is 6.92 Å². The molecule has 0 unspecified atom stereocenters. The van der Waals surface area contributed by atoms with E-state index in [4.69, 9.17) is 21.8 Å². The second-order valence-electron chi connectivity index (χ2n) is 5.43. The van der Waals surface area contributed by atoms with Crippen LogP contribution in [0.2, 0.25) is 5.02 Å². The van der Waals surface area contributed by atoms with E-state index in [1.165, 1.54) is 0 Å². The van der Waals surface area contributed by atoms with Crippen LogP contribution in [0.4, 0.5) is 5.69 Å². The Bertz CT molecular complexity index is 1130. The number of hydrogen-bond acceptors (Lipinski definition) is 4. The van der Waals surface area contributed by atoms with Crippen molar-refractivity contribution in [1.82, 2.24) is 9.97 Å². The van der Waals surface area contributed by atoms with Crippen LogP contribution in [-0.2, 0) is 0 Å². The minimum Gasteiger partial charge on any atom is -0.449 e. The van der Waals surface area contributed by atoms with Crippen LogP contribution in [0.25, 0.3) is 33.5 Å². The van der Waals surface area contributed by atoms with Crippen molar-refractivity contribution in [2.24, 2.45) is 0 Å². The van der Waals surface area contributed by atoms with Gasteiger partial charge in [-0.25, -0.2) is 4.98 Å². The molecule has 0 atom stereocenters. The maximum atomic E-state index is 12.4. The summed E-state index contributed by atoms with van der Waals surface area (Å²) in [4.78, 5) is 19.6. The summed E-state index contributed by atoms with van der Waals surface area (Å²) in [6, 6.07) is 10.7. The number of aryl methyl sites for hydroxylation is 1. The molecule has 0 saturated heterocycles. The van der Waals surface area contributed by atoms with Crippen molar-refractivity contribution in [1.29, 1.82) is 0 Å². The van der Waals surface area contributed by atoms with Gasteiger partial charge in [0.05, 0.1) is 5.02 Å². The molecule has 4 aromatic rings. The fourth-order valence-electron chi connectivity index (χ4n) is 2.62. The fourth-order valence-corrected chi connectivity index (χ4v) is 2.83. The molecule has 0 aliphatic rings. The Morgan fingerprint density at radius 1 is 1.22 bits per heavy atom. The average Bonchev–Trinajstić information content (AvgIpc) is 2.88. The fraction of sp³-hybridized carbons (Fsp3) is 0.0588. The molecule has 0 fully saturated rings. The summed E-state index contributed by atoms with van der Waals surface area (Å²) in [7, 11) is 0. The van der Waals surface area contributed by atoms with E-state index in [0.717, 1.165) is 10.9 Å². The zero-order chi connectivity index (χ0) is 16.1. The lowest BCUT2D eigenvalue weighted by molar-refractivity contribution is 0.661. The van der Waals surface area contributed by atoms with Gasteiger partial charge in [0, 0.05) is 16.6 Å². The van der Waals surface area contributed by atoms with Crippen LogP contribution in [0.15, 0.2) is 45.6 Å². The lowest BCUT2D eigenvalue weighted by atomic mass is 10.1. The van der Waals surface area contributed by atoms with Crippen molar-refractivity contribution in [3.05, 3.63) is 57.3 Å². The predicted octanol–water partition coefficient (Wildman–Crippen LogP) is 3.88. The van der Waals surface area contributed by atoms with Gasteiger partial charge in [-0.1, -0.05) is 23.2 Å². The number of fused-ring (bicyclic) bond motifs is 3. The maximum absolute atomic E-state index is 12.4. The molecule has 0 bridgehead atoms. The van der Waals surface area contributed by atoms with E-state index < -0.39 is 0 Å². The summed E-state index contributed by atoms with van der Waals surface area (Å²) in [5, 5.41) is 1.26. The van der Waals surface area contributed by atoms with E-state index in [-0.39, 0.29) is 11.1 Å². The van der Waals surface area contributed by atoms with Gasteiger partial charge in [0.15, 0.2) is 0 Å². The first-order chi connectivity index (χ1) is 11.0. The molecule has 0 amide bonds. The Kier molecular flexibility index (Phi) is 2.92. The van der Waals surface area contributed by atoms with Crippen molar-refractivity contribution in [3.63, 3.8) is 0 Å². The van der Waals surface area contributed by atoms with Crippen molar-refractivity contribution < 1.29 is 4.42 Å².